The molecule has 1 aliphatic rings. The highest BCUT2D eigenvalue weighted by Gasteiger charge is 2.17. The number of rotatable bonds is 4. The van der Waals surface area contributed by atoms with Gasteiger partial charge in [-0.2, -0.15) is 0 Å². The summed E-state index contributed by atoms with van der Waals surface area (Å²) in [5, 5.41) is 3.57. The summed E-state index contributed by atoms with van der Waals surface area (Å²) < 4.78 is 0. The van der Waals surface area contributed by atoms with Gasteiger partial charge in [0.1, 0.15) is 0 Å². The maximum absolute atomic E-state index is 3.57. The van der Waals surface area contributed by atoms with Crippen molar-refractivity contribution in [3.63, 3.8) is 0 Å². The van der Waals surface area contributed by atoms with E-state index in [1.54, 1.807) is 0 Å². The van der Waals surface area contributed by atoms with E-state index in [1.165, 1.54) is 43.6 Å². The van der Waals surface area contributed by atoms with Gasteiger partial charge in [-0.3, -0.25) is 0 Å². The van der Waals surface area contributed by atoms with E-state index in [-0.39, 0.29) is 0 Å². The van der Waals surface area contributed by atoms with Crippen LogP contribution >= 0.6 is 0 Å². The highest BCUT2D eigenvalue weighted by molar-refractivity contribution is 5.25. The number of piperazine rings is 1. The zero-order valence-corrected chi connectivity index (χ0v) is 11.1. The van der Waals surface area contributed by atoms with E-state index in [2.05, 4.69) is 48.3 Å². The van der Waals surface area contributed by atoms with Crippen LogP contribution in [0, 0.1) is 6.92 Å². The standard InChI is InChI=1S/C15H24N2/c1-3-15-12-17(11-9-16-15)10-8-14-7-5-4-6-13(14)2/h4-7,15-16H,3,8-12H2,1-2H3. The first kappa shape index (κ1) is 12.6. The molecule has 0 spiro atoms. The minimum absolute atomic E-state index is 0.695. The number of nitrogens with one attached hydrogen (secondary N) is 1. The van der Waals surface area contributed by atoms with Crippen molar-refractivity contribution < 1.29 is 0 Å². The predicted molar refractivity (Wildman–Crippen MR) is 73.4 cm³/mol. The maximum atomic E-state index is 3.57. The lowest BCUT2D eigenvalue weighted by atomic mass is 10.1. The zero-order chi connectivity index (χ0) is 12.1. The van der Waals surface area contributed by atoms with Crippen LogP contribution in [0.4, 0.5) is 0 Å². The fourth-order valence-electron chi connectivity index (χ4n) is 2.54. The molecule has 1 unspecified atom stereocenters. The average Bonchev–Trinajstić information content (AvgIpc) is 2.38. The Bertz CT molecular complexity index is 349. The Kier molecular flexibility index (Phi) is 4.57. The molecule has 1 aromatic carbocycles. The molecule has 1 aromatic rings. The van der Waals surface area contributed by atoms with E-state index >= 15 is 0 Å². The average molecular weight is 232 g/mol. The lowest BCUT2D eigenvalue weighted by Gasteiger charge is -2.33. The largest absolute Gasteiger partial charge is 0.311 e. The third-order valence-electron chi connectivity index (χ3n) is 3.79. The molecular formula is C15H24N2. The maximum Gasteiger partial charge on any atom is 0.0192 e. The molecule has 94 valence electrons. The molecule has 0 saturated carbocycles. The van der Waals surface area contributed by atoms with E-state index in [4.69, 9.17) is 0 Å². The minimum atomic E-state index is 0.695. The summed E-state index contributed by atoms with van der Waals surface area (Å²) in [6, 6.07) is 9.43. The summed E-state index contributed by atoms with van der Waals surface area (Å²) in [6.45, 7) is 9.23. The molecule has 2 nitrogen and oxygen atoms in total. The Labute approximate surface area is 105 Å². The molecule has 0 amide bonds. The van der Waals surface area contributed by atoms with Gasteiger partial charge in [0.05, 0.1) is 0 Å². The second kappa shape index (κ2) is 6.18. The Balaban J connectivity index is 1.84. The van der Waals surface area contributed by atoms with Crippen LogP contribution in [0.5, 0.6) is 0 Å². The first-order valence-electron chi connectivity index (χ1n) is 6.80. The molecule has 0 aromatic heterocycles. The summed E-state index contributed by atoms with van der Waals surface area (Å²) >= 11 is 0. The van der Waals surface area contributed by atoms with Crippen molar-refractivity contribution in [2.45, 2.75) is 32.7 Å². The Hall–Kier alpha value is -0.860. The van der Waals surface area contributed by atoms with E-state index in [1.807, 2.05) is 0 Å². The molecule has 1 atom stereocenters. The molecule has 1 saturated heterocycles. The van der Waals surface area contributed by atoms with Crippen molar-refractivity contribution in [1.29, 1.82) is 0 Å². The normalized spacial score (nSPS) is 21.6. The smallest absolute Gasteiger partial charge is 0.0192 e. The van der Waals surface area contributed by atoms with Gasteiger partial charge in [-0.25, -0.2) is 0 Å². The zero-order valence-electron chi connectivity index (χ0n) is 11.1. The van der Waals surface area contributed by atoms with Crippen LogP contribution in [-0.4, -0.2) is 37.1 Å². The highest BCUT2D eigenvalue weighted by Crippen LogP contribution is 2.10. The topological polar surface area (TPSA) is 15.3 Å². The Morgan fingerprint density at radius 3 is 2.94 bits per heavy atom. The number of benzene rings is 1. The lowest BCUT2D eigenvalue weighted by molar-refractivity contribution is 0.199. The van der Waals surface area contributed by atoms with Crippen molar-refractivity contribution in [3.05, 3.63) is 35.4 Å². The fourth-order valence-corrected chi connectivity index (χ4v) is 2.54. The van der Waals surface area contributed by atoms with Crippen molar-refractivity contribution in [3.8, 4) is 0 Å². The molecule has 0 aliphatic carbocycles. The summed E-state index contributed by atoms with van der Waals surface area (Å²) in [6.07, 6.45) is 2.42. The fraction of sp³-hybridized carbons (Fsp3) is 0.600. The van der Waals surface area contributed by atoms with Crippen LogP contribution in [0.2, 0.25) is 0 Å². The molecule has 17 heavy (non-hydrogen) atoms. The Morgan fingerprint density at radius 1 is 1.35 bits per heavy atom. The van der Waals surface area contributed by atoms with Crippen LogP contribution in [0.1, 0.15) is 24.5 Å². The third-order valence-corrected chi connectivity index (χ3v) is 3.79. The molecule has 0 radical (unpaired) electrons. The van der Waals surface area contributed by atoms with Gasteiger partial charge in [0, 0.05) is 32.2 Å². The van der Waals surface area contributed by atoms with Crippen LogP contribution in [0.15, 0.2) is 24.3 Å². The molecule has 1 N–H and O–H groups in total. The minimum Gasteiger partial charge on any atom is -0.311 e. The van der Waals surface area contributed by atoms with Crippen molar-refractivity contribution in [1.82, 2.24) is 10.2 Å². The lowest BCUT2D eigenvalue weighted by Crippen LogP contribution is -2.50. The van der Waals surface area contributed by atoms with Crippen LogP contribution < -0.4 is 5.32 Å². The van der Waals surface area contributed by atoms with Crippen LogP contribution in [0.25, 0.3) is 0 Å². The van der Waals surface area contributed by atoms with Gasteiger partial charge < -0.3 is 10.2 Å². The van der Waals surface area contributed by atoms with Crippen molar-refractivity contribution >= 4 is 0 Å². The molecule has 2 heteroatoms. The second-order valence-corrected chi connectivity index (χ2v) is 5.04. The molecule has 0 bridgehead atoms. The second-order valence-electron chi connectivity index (χ2n) is 5.04. The van der Waals surface area contributed by atoms with Crippen molar-refractivity contribution in [2.75, 3.05) is 26.2 Å². The molecule has 1 fully saturated rings. The molecular weight excluding hydrogens is 208 g/mol. The monoisotopic (exact) mass is 232 g/mol. The Morgan fingerprint density at radius 2 is 2.18 bits per heavy atom. The molecule has 1 aliphatic heterocycles. The molecule has 1 heterocycles. The number of aryl methyl sites for hydroxylation is 1. The quantitative estimate of drug-likeness (QED) is 0.856. The number of hydrogen-bond donors (Lipinski definition) is 1. The van der Waals surface area contributed by atoms with Crippen molar-refractivity contribution in [2.24, 2.45) is 0 Å². The van der Waals surface area contributed by atoms with E-state index in [0.29, 0.717) is 6.04 Å². The number of hydrogen-bond acceptors (Lipinski definition) is 2. The van der Waals surface area contributed by atoms with Gasteiger partial charge >= 0.3 is 0 Å². The summed E-state index contributed by atoms with van der Waals surface area (Å²) in [5.41, 5.74) is 2.92. The van der Waals surface area contributed by atoms with Gasteiger partial charge in [0.25, 0.3) is 0 Å². The summed E-state index contributed by atoms with van der Waals surface area (Å²) in [7, 11) is 0. The highest BCUT2D eigenvalue weighted by atomic mass is 15.2. The van der Waals surface area contributed by atoms with E-state index < -0.39 is 0 Å². The SMILES string of the molecule is CCC1CN(CCc2ccccc2C)CCN1. The summed E-state index contributed by atoms with van der Waals surface area (Å²) in [5.74, 6) is 0. The van der Waals surface area contributed by atoms with Crippen LogP contribution in [-0.2, 0) is 6.42 Å². The van der Waals surface area contributed by atoms with Gasteiger partial charge in [-0.1, -0.05) is 31.2 Å². The first-order valence-corrected chi connectivity index (χ1v) is 6.80. The van der Waals surface area contributed by atoms with Gasteiger partial charge in [-0.15, -0.1) is 0 Å². The van der Waals surface area contributed by atoms with E-state index in [0.717, 1.165) is 6.54 Å². The van der Waals surface area contributed by atoms with Gasteiger partial charge in [0.2, 0.25) is 0 Å². The van der Waals surface area contributed by atoms with Crippen LogP contribution in [0.3, 0.4) is 0 Å². The first-order chi connectivity index (χ1) is 8.29. The molecule has 2 rings (SSSR count). The summed E-state index contributed by atoms with van der Waals surface area (Å²) in [4.78, 5) is 2.59. The predicted octanol–water partition coefficient (Wildman–Crippen LogP) is 2.22. The van der Waals surface area contributed by atoms with Gasteiger partial charge in [-0.05, 0) is 30.9 Å². The third kappa shape index (κ3) is 3.55. The van der Waals surface area contributed by atoms with E-state index in [9.17, 15) is 0 Å². The number of nitrogens with zero attached hydrogens (tertiary/aromatic N) is 1. The van der Waals surface area contributed by atoms with Gasteiger partial charge in [0.15, 0.2) is 0 Å².